The van der Waals surface area contributed by atoms with Crippen molar-refractivity contribution < 1.29 is 0 Å². The van der Waals surface area contributed by atoms with Crippen LogP contribution in [0.1, 0.15) is 76.3 Å². The predicted octanol–water partition coefficient (Wildman–Crippen LogP) is 19.0. The van der Waals surface area contributed by atoms with Gasteiger partial charge in [0, 0.05) is 27.9 Å². The van der Waals surface area contributed by atoms with Crippen LogP contribution in [-0.4, -0.2) is 0 Å². The van der Waals surface area contributed by atoms with Crippen molar-refractivity contribution >= 4 is 60.2 Å². The van der Waals surface area contributed by atoms with Gasteiger partial charge in [-0.1, -0.05) is 206 Å². The van der Waals surface area contributed by atoms with Crippen LogP contribution in [0.2, 0.25) is 0 Å². The first kappa shape index (κ1) is 41.4. The van der Waals surface area contributed by atoms with Gasteiger partial charge in [-0.3, -0.25) is 0 Å². The van der Waals surface area contributed by atoms with E-state index >= 15 is 0 Å². The molecule has 11 aromatic rings. The summed E-state index contributed by atoms with van der Waals surface area (Å²) in [5, 5.41) is 10.3. The molecule has 0 spiro atoms. The molecule has 13 rings (SSSR count). The smallest absolute Gasteiger partial charge is 0.0465 e. The van der Waals surface area contributed by atoms with Gasteiger partial charge >= 0.3 is 0 Å². The number of anilines is 3. The van der Waals surface area contributed by atoms with Crippen molar-refractivity contribution in [3.63, 3.8) is 0 Å². The molecule has 0 aromatic heterocycles. The SMILES string of the molecule is CC(C)(C)c1ccc(N(c2ccc3c(c2)C(C)(C)c2cc(-c4cccc5ccccc45)c4ccccc4c2-3)c2ccc3c(c2)C(C)(C)c2cc(-c4cccc5ccccc45)c4ccccc4c2-3)cc1. The van der Waals surface area contributed by atoms with Crippen molar-refractivity contribution in [1.29, 1.82) is 0 Å². The third-order valence-electron chi connectivity index (χ3n) is 16.0. The molecule has 0 fully saturated rings. The molecular weight excluding hydrogens is 831 g/mol. The van der Waals surface area contributed by atoms with Crippen molar-refractivity contribution in [2.45, 2.75) is 64.7 Å². The summed E-state index contributed by atoms with van der Waals surface area (Å²) in [5.41, 5.74) is 20.3. The molecule has 69 heavy (non-hydrogen) atoms. The minimum Gasteiger partial charge on any atom is -0.310 e. The second kappa shape index (κ2) is 14.9. The number of nitrogens with zero attached hydrogens (tertiary/aromatic N) is 1. The van der Waals surface area contributed by atoms with Gasteiger partial charge in [-0.05, 0) is 169 Å². The van der Waals surface area contributed by atoms with E-state index in [1.54, 1.807) is 0 Å². The van der Waals surface area contributed by atoms with Crippen LogP contribution in [0.3, 0.4) is 0 Å². The monoisotopic (exact) mass is 885 g/mol. The molecule has 0 atom stereocenters. The third-order valence-corrected chi connectivity index (χ3v) is 16.0. The summed E-state index contributed by atoms with van der Waals surface area (Å²) >= 11 is 0. The van der Waals surface area contributed by atoms with Gasteiger partial charge in [-0.2, -0.15) is 0 Å². The fourth-order valence-electron chi connectivity index (χ4n) is 12.3. The van der Waals surface area contributed by atoms with Crippen LogP contribution in [0.5, 0.6) is 0 Å². The van der Waals surface area contributed by atoms with Crippen molar-refractivity contribution in [3.8, 4) is 44.5 Å². The second-order valence-corrected chi connectivity index (χ2v) is 21.7. The Kier molecular flexibility index (Phi) is 8.94. The van der Waals surface area contributed by atoms with Crippen molar-refractivity contribution in [3.05, 3.63) is 234 Å². The summed E-state index contributed by atoms with van der Waals surface area (Å²) in [7, 11) is 0. The van der Waals surface area contributed by atoms with E-state index in [-0.39, 0.29) is 16.2 Å². The number of rotatable bonds is 5. The Bertz CT molecular complexity index is 3690. The zero-order valence-electron chi connectivity index (χ0n) is 40.6. The minimum absolute atomic E-state index is 0.0391. The highest BCUT2D eigenvalue weighted by Gasteiger charge is 2.40. The zero-order chi connectivity index (χ0) is 47.0. The van der Waals surface area contributed by atoms with Crippen LogP contribution in [0.25, 0.3) is 87.6 Å². The molecule has 0 heterocycles. The molecule has 2 aliphatic carbocycles. The minimum atomic E-state index is -0.254. The van der Waals surface area contributed by atoms with Crippen molar-refractivity contribution in [1.82, 2.24) is 0 Å². The lowest BCUT2D eigenvalue weighted by molar-refractivity contribution is 0.590. The summed E-state index contributed by atoms with van der Waals surface area (Å²) in [4.78, 5) is 2.50. The Labute approximate surface area is 406 Å². The maximum atomic E-state index is 2.51. The number of hydrogen-bond donors (Lipinski definition) is 0. The van der Waals surface area contributed by atoms with E-state index in [0.717, 1.165) is 17.1 Å². The van der Waals surface area contributed by atoms with Gasteiger partial charge in [0.1, 0.15) is 0 Å². The van der Waals surface area contributed by atoms with E-state index in [4.69, 9.17) is 0 Å². The van der Waals surface area contributed by atoms with Gasteiger partial charge in [0.05, 0.1) is 0 Å². The average molecular weight is 886 g/mol. The Hall–Kier alpha value is -7.74. The Balaban J connectivity index is 0.983. The molecule has 332 valence electrons. The standard InChI is InChI=1S/C68H55N/c1-66(2,3)44-30-32-45(33-31-44)69(46-34-36-56-60(38-46)67(4,5)62-40-58(52-24-12-14-26-54(52)64(56)62)50-28-16-20-42-18-8-10-22-48(42)50)47-35-37-57-61(39-47)68(6,7)63-41-59(53-25-13-15-27-55(53)65(57)63)51-29-17-21-43-19-9-11-23-49(43)51/h8-41H,1-7H3. The van der Waals surface area contributed by atoms with E-state index in [1.165, 1.54) is 115 Å². The molecule has 0 saturated carbocycles. The average Bonchev–Trinajstić information content (AvgIpc) is 3.74. The van der Waals surface area contributed by atoms with E-state index in [9.17, 15) is 0 Å². The van der Waals surface area contributed by atoms with Crippen molar-refractivity contribution in [2.24, 2.45) is 0 Å². The predicted molar refractivity (Wildman–Crippen MR) is 296 cm³/mol. The highest BCUT2D eigenvalue weighted by atomic mass is 15.1. The lowest BCUT2D eigenvalue weighted by atomic mass is 9.80. The maximum absolute atomic E-state index is 2.51. The number of benzene rings is 11. The normalized spacial score (nSPS) is 14.2. The molecular formula is C68H55N. The van der Waals surface area contributed by atoms with Crippen LogP contribution in [0, 0.1) is 0 Å². The molecule has 0 saturated heterocycles. The Morgan fingerprint density at radius 2 is 0.681 bits per heavy atom. The molecule has 0 bridgehead atoms. The molecule has 0 N–H and O–H groups in total. The van der Waals surface area contributed by atoms with Crippen LogP contribution >= 0.6 is 0 Å². The van der Waals surface area contributed by atoms with Gasteiger partial charge in [0.25, 0.3) is 0 Å². The molecule has 11 aromatic carbocycles. The molecule has 1 heteroatoms. The van der Waals surface area contributed by atoms with Gasteiger partial charge in [0.2, 0.25) is 0 Å². The fourth-order valence-corrected chi connectivity index (χ4v) is 12.3. The van der Waals surface area contributed by atoms with Gasteiger partial charge < -0.3 is 4.90 Å². The van der Waals surface area contributed by atoms with Crippen LogP contribution in [0.15, 0.2) is 206 Å². The highest BCUT2D eigenvalue weighted by Crippen LogP contribution is 2.57. The van der Waals surface area contributed by atoms with Gasteiger partial charge in [-0.25, -0.2) is 0 Å². The first-order valence-electron chi connectivity index (χ1n) is 24.7. The van der Waals surface area contributed by atoms with E-state index in [2.05, 4.69) is 260 Å². The molecule has 1 nitrogen and oxygen atoms in total. The highest BCUT2D eigenvalue weighted by molar-refractivity contribution is 6.14. The number of fused-ring (bicyclic) bond motifs is 12. The summed E-state index contributed by atoms with van der Waals surface area (Å²) in [6.45, 7) is 16.6. The molecule has 0 amide bonds. The van der Waals surface area contributed by atoms with E-state index in [0.29, 0.717) is 0 Å². The lowest BCUT2D eigenvalue weighted by Crippen LogP contribution is -2.18. The summed E-state index contributed by atoms with van der Waals surface area (Å²) < 4.78 is 0. The Morgan fingerprint density at radius 1 is 0.304 bits per heavy atom. The summed E-state index contributed by atoms with van der Waals surface area (Å²) in [6, 6.07) is 78.0. The van der Waals surface area contributed by atoms with Crippen molar-refractivity contribution in [2.75, 3.05) is 4.90 Å². The summed E-state index contributed by atoms with van der Waals surface area (Å²) in [5.74, 6) is 0. The summed E-state index contributed by atoms with van der Waals surface area (Å²) in [6.07, 6.45) is 0. The van der Waals surface area contributed by atoms with Crippen LogP contribution < -0.4 is 4.90 Å². The topological polar surface area (TPSA) is 3.24 Å². The third kappa shape index (κ3) is 6.16. The molecule has 2 aliphatic rings. The van der Waals surface area contributed by atoms with Crippen LogP contribution in [-0.2, 0) is 16.2 Å². The molecule has 0 unspecified atom stereocenters. The first-order chi connectivity index (χ1) is 33.4. The second-order valence-electron chi connectivity index (χ2n) is 21.7. The molecule has 0 radical (unpaired) electrons. The number of hydrogen-bond acceptors (Lipinski definition) is 1. The first-order valence-corrected chi connectivity index (χ1v) is 24.7. The van der Waals surface area contributed by atoms with E-state index in [1.807, 2.05) is 0 Å². The van der Waals surface area contributed by atoms with E-state index < -0.39 is 0 Å². The quantitative estimate of drug-likeness (QED) is 0.166. The van der Waals surface area contributed by atoms with Crippen LogP contribution in [0.4, 0.5) is 17.1 Å². The maximum Gasteiger partial charge on any atom is 0.0465 e. The Morgan fingerprint density at radius 3 is 1.12 bits per heavy atom. The largest absolute Gasteiger partial charge is 0.310 e. The lowest BCUT2D eigenvalue weighted by Gasteiger charge is -2.30. The van der Waals surface area contributed by atoms with Gasteiger partial charge in [-0.15, -0.1) is 0 Å². The van der Waals surface area contributed by atoms with Gasteiger partial charge in [0.15, 0.2) is 0 Å². The zero-order valence-corrected chi connectivity index (χ0v) is 40.6. The fraction of sp³-hybridized carbons (Fsp3) is 0.147. The molecule has 0 aliphatic heterocycles.